The Kier molecular flexibility index (Phi) is 3.25. The number of nitrogens with one attached hydrogen (secondary N) is 1. The molecule has 0 spiro atoms. The van der Waals surface area contributed by atoms with Gasteiger partial charge < -0.3 is 5.11 Å². The summed E-state index contributed by atoms with van der Waals surface area (Å²) in [6.45, 7) is 1.27. The minimum atomic E-state index is -3.68. The Bertz CT molecular complexity index is 409. The van der Waals surface area contributed by atoms with E-state index in [0.29, 0.717) is 0 Å². The SMILES string of the molecule is CC(NS(=O)(=O)c1ccsc1)C(=O)O. The van der Waals surface area contributed by atoms with Crippen molar-refractivity contribution >= 4 is 27.3 Å². The molecule has 0 radical (unpaired) electrons. The molecular formula is C7H9NO4S2. The molecule has 0 saturated carbocycles. The van der Waals surface area contributed by atoms with Crippen LogP contribution in [0.2, 0.25) is 0 Å². The van der Waals surface area contributed by atoms with Crippen molar-refractivity contribution in [3.05, 3.63) is 16.8 Å². The average Bonchev–Trinajstić information content (AvgIpc) is 2.54. The van der Waals surface area contributed by atoms with E-state index in [1.807, 2.05) is 4.72 Å². The fourth-order valence-electron chi connectivity index (χ4n) is 0.756. The van der Waals surface area contributed by atoms with Crippen LogP contribution in [0.3, 0.4) is 0 Å². The zero-order valence-corrected chi connectivity index (χ0v) is 8.93. The molecule has 78 valence electrons. The Morgan fingerprint density at radius 3 is 2.71 bits per heavy atom. The first kappa shape index (κ1) is 11.2. The molecule has 14 heavy (non-hydrogen) atoms. The second-order valence-corrected chi connectivity index (χ2v) is 5.13. The second-order valence-electron chi connectivity index (χ2n) is 2.64. The zero-order chi connectivity index (χ0) is 10.8. The van der Waals surface area contributed by atoms with Gasteiger partial charge in [0.2, 0.25) is 10.0 Å². The largest absolute Gasteiger partial charge is 0.480 e. The first-order chi connectivity index (χ1) is 6.43. The molecule has 1 rings (SSSR count). The quantitative estimate of drug-likeness (QED) is 0.796. The molecule has 0 aliphatic heterocycles. The lowest BCUT2D eigenvalue weighted by Crippen LogP contribution is -2.38. The van der Waals surface area contributed by atoms with Crippen LogP contribution >= 0.6 is 11.3 Å². The maximum Gasteiger partial charge on any atom is 0.321 e. The molecule has 0 aliphatic carbocycles. The number of carbonyl (C=O) groups is 1. The van der Waals surface area contributed by atoms with E-state index >= 15 is 0 Å². The van der Waals surface area contributed by atoms with E-state index in [1.54, 1.807) is 5.38 Å². The van der Waals surface area contributed by atoms with Gasteiger partial charge in [-0.3, -0.25) is 4.79 Å². The van der Waals surface area contributed by atoms with Crippen LogP contribution in [0.1, 0.15) is 6.92 Å². The van der Waals surface area contributed by atoms with Crippen molar-refractivity contribution in [1.82, 2.24) is 4.72 Å². The first-order valence-corrected chi connectivity index (χ1v) is 6.13. The number of carboxylic acid groups (broad SMARTS) is 1. The molecule has 1 atom stereocenters. The third kappa shape index (κ3) is 2.53. The maximum absolute atomic E-state index is 11.4. The van der Waals surface area contributed by atoms with E-state index in [1.165, 1.54) is 29.7 Å². The molecule has 0 saturated heterocycles. The predicted molar refractivity (Wildman–Crippen MR) is 51.7 cm³/mol. The summed E-state index contributed by atoms with van der Waals surface area (Å²) >= 11 is 1.24. The van der Waals surface area contributed by atoms with E-state index in [-0.39, 0.29) is 4.90 Å². The Morgan fingerprint density at radius 1 is 1.64 bits per heavy atom. The van der Waals surface area contributed by atoms with E-state index in [0.717, 1.165) is 0 Å². The summed E-state index contributed by atoms with van der Waals surface area (Å²) in [6.07, 6.45) is 0. The number of carboxylic acids is 1. The minimum absolute atomic E-state index is 0.0931. The molecule has 2 N–H and O–H groups in total. The Hall–Kier alpha value is -0.920. The minimum Gasteiger partial charge on any atom is -0.480 e. The second kappa shape index (κ2) is 4.07. The van der Waals surface area contributed by atoms with Crippen LogP contribution in [-0.4, -0.2) is 25.5 Å². The lowest BCUT2D eigenvalue weighted by atomic mass is 10.4. The molecule has 1 heterocycles. The van der Waals surface area contributed by atoms with E-state index in [9.17, 15) is 13.2 Å². The van der Waals surface area contributed by atoms with Gasteiger partial charge in [0.15, 0.2) is 0 Å². The van der Waals surface area contributed by atoms with Crippen molar-refractivity contribution in [1.29, 1.82) is 0 Å². The van der Waals surface area contributed by atoms with Gasteiger partial charge in [0, 0.05) is 5.38 Å². The molecule has 0 aliphatic rings. The summed E-state index contributed by atoms with van der Waals surface area (Å²) < 4.78 is 24.9. The molecule has 0 bridgehead atoms. The van der Waals surface area contributed by atoms with Gasteiger partial charge in [0.25, 0.3) is 0 Å². The van der Waals surface area contributed by atoms with Crippen LogP contribution in [0.25, 0.3) is 0 Å². The van der Waals surface area contributed by atoms with Crippen LogP contribution in [0.5, 0.6) is 0 Å². The number of hydrogen-bond acceptors (Lipinski definition) is 4. The highest BCUT2D eigenvalue weighted by atomic mass is 32.2. The highest BCUT2D eigenvalue weighted by Crippen LogP contribution is 2.12. The third-order valence-corrected chi connectivity index (χ3v) is 3.88. The van der Waals surface area contributed by atoms with Gasteiger partial charge in [-0.2, -0.15) is 16.1 Å². The summed E-state index contributed by atoms with van der Waals surface area (Å²) in [7, 11) is -3.68. The maximum atomic E-state index is 11.4. The van der Waals surface area contributed by atoms with Gasteiger partial charge in [-0.25, -0.2) is 8.42 Å². The highest BCUT2D eigenvalue weighted by molar-refractivity contribution is 7.89. The summed E-state index contributed by atoms with van der Waals surface area (Å²) in [4.78, 5) is 10.5. The Labute approximate surface area is 85.4 Å². The molecule has 1 aromatic heterocycles. The zero-order valence-electron chi connectivity index (χ0n) is 7.30. The van der Waals surface area contributed by atoms with Crippen molar-refractivity contribution < 1.29 is 18.3 Å². The molecule has 0 fully saturated rings. The summed E-state index contributed by atoms with van der Waals surface area (Å²) in [5.41, 5.74) is 0. The van der Waals surface area contributed by atoms with E-state index < -0.39 is 22.0 Å². The van der Waals surface area contributed by atoms with Gasteiger partial charge in [-0.15, -0.1) is 0 Å². The average molecular weight is 235 g/mol. The molecule has 0 aromatic carbocycles. The molecule has 7 heteroatoms. The van der Waals surface area contributed by atoms with Crippen LogP contribution in [0, 0.1) is 0 Å². The normalized spacial score (nSPS) is 13.8. The number of rotatable bonds is 4. The molecular weight excluding hydrogens is 226 g/mol. The van der Waals surface area contributed by atoms with Gasteiger partial charge in [-0.05, 0) is 18.4 Å². The molecule has 1 aromatic rings. The van der Waals surface area contributed by atoms with Crippen molar-refractivity contribution in [2.75, 3.05) is 0 Å². The van der Waals surface area contributed by atoms with E-state index in [2.05, 4.69) is 0 Å². The number of sulfonamides is 1. The summed E-state index contributed by atoms with van der Waals surface area (Å²) in [6, 6.07) is 0.293. The van der Waals surface area contributed by atoms with Crippen molar-refractivity contribution in [3.8, 4) is 0 Å². The van der Waals surface area contributed by atoms with Crippen LogP contribution in [-0.2, 0) is 14.8 Å². The summed E-state index contributed by atoms with van der Waals surface area (Å²) in [5, 5.41) is 11.6. The smallest absolute Gasteiger partial charge is 0.321 e. The fraction of sp³-hybridized carbons (Fsp3) is 0.286. The van der Waals surface area contributed by atoms with Gasteiger partial charge >= 0.3 is 5.97 Å². The van der Waals surface area contributed by atoms with Crippen molar-refractivity contribution in [2.24, 2.45) is 0 Å². The third-order valence-electron chi connectivity index (χ3n) is 1.51. The molecule has 1 unspecified atom stereocenters. The van der Waals surface area contributed by atoms with Crippen LogP contribution in [0.15, 0.2) is 21.7 Å². The van der Waals surface area contributed by atoms with Gasteiger partial charge in [0.05, 0.1) is 4.90 Å². The Morgan fingerprint density at radius 2 is 2.29 bits per heavy atom. The lowest BCUT2D eigenvalue weighted by molar-refractivity contribution is -0.138. The van der Waals surface area contributed by atoms with Crippen molar-refractivity contribution in [3.63, 3.8) is 0 Å². The fourth-order valence-corrected chi connectivity index (χ4v) is 2.98. The molecule has 5 nitrogen and oxygen atoms in total. The first-order valence-electron chi connectivity index (χ1n) is 3.71. The number of thiophene rings is 1. The monoisotopic (exact) mass is 235 g/mol. The lowest BCUT2D eigenvalue weighted by Gasteiger charge is -2.08. The summed E-state index contributed by atoms with van der Waals surface area (Å²) in [5.74, 6) is -1.20. The number of hydrogen-bond donors (Lipinski definition) is 2. The Balaban J connectivity index is 2.84. The van der Waals surface area contributed by atoms with E-state index in [4.69, 9.17) is 5.11 Å². The van der Waals surface area contributed by atoms with Crippen molar-refractivity contribution in [2.45, 2.75) is 17.9 Å². The molecule has 0 amide bonds. The standard InChI is InChI=1S/C7H9NO4S2/c1-5(7(9)10)8-14(11,12)6-2-3-13-4-6/h2-5,8H,1H3,(H,9,10). The van der Waals surface area contributed by atoms with Gasteiger partial charge in [0.1, 0.15) is 6.04 Å². The number of aliphatic carboxylic acids is 1. The van der Waals surface area contributed by atoms with Crippen LogP contribution in [0.4, 0.5) is 0 Å². The predicted octanol–water partition coefficient (Wildman–Crippen LogP) is 0.500. The van der Waals surface area contributed by atoms with Crippen LogP contribution < -0.4 is 4.72 Å². The van der Waals surface area contributed by atoms with Gasteiger partial charge in [-0.1, -0.05) is 0 Å². The highest BCUT2D eigenvalue weighted by Gasteiger charge is 2.21. The topological polar surface area (TPSA) is 83.5 Å².